The van der Waals surface area contributed by atoms with Crippen LogP contribution in [0.4, 0.5) is 4.39 Å². The lowest BCUT2D eigenvalue weighted by Crippen LogP contribution is -2.30. The molecule has 130 valence electrons. The summed E-state index contributed by atoms with van der Waals surface area (Å²) >= 11 is 0. The molecule has 0 unspecified atom stereocenters. The monoisotopic (exact) mass is 333 g/mol. The zero-order chi connectivity index (χ0) is 16.9. The molecule has 0 radical (unpaired) electrons. The standard InChI is InChI=1S/C18H24FN3O2/c1-2-3-4-18-20-17(21-24-18)12-22(15-9-10-15)11-16(23)13-5-7-14(19)8-6-13/h5-8,15-16,23H,2-4,9-12H2,1H3/t16-/m1/s1. The summed E-state index contributed by atoms with van der Waals surface area (Å²) in [4.78, 5) is 6.62. The van der Waals surface area contributed by atoms with Gasteiger partial charge in [0.25, 0.3) is 0 Å². The van der Waals surface area contributed by atoms with Gasteiger partial charge in [-0.25, -0.2) is 4.39 Å². The molecule has 0 bridgehead atoms. The molecule has 1 aromatic heterocycles. The summed E-state index contributed by atoms with van der Waals surface area (Å²) < 4.78 is 18.3. The molecule has 1 N–H and O–H groups in total. The van der Waals surface area contributed by atoms with E-state index < -0.39 is 6.10 Å². The minimum absolute atomic E-state index is 0.295. The number of hydrogen-bond acceptors (Lipinski definition) is 5. The third-order valence-corrected chi connectivity index (χ3v) is 4.32. The first-order valence-corrected chi connectivity index (χ1v) is 8.64. The topological polar surface area (TPSA) is 62.4 Å². The predicted octanol–water partition coefficient (Wildman–Crippen LogP) is 3.25. The van der Waals surface area contributed by atoms with Gasteiger partial charge in [0.2, 0.25) is 5.89 Å². The van der Waals surface area contributed by atoms with Crippen LogP contribution in [0.2, 0.25) is 0 Å². The van der Waals surface area contributed by atoms with Crippen molar-refractivity contribution in [2.24, 2.45) is 0 Å². The first-order valence-electron chi connectivity index (χ1n) is 8.64. The van der Waals surface area contributed by atoms with Gasteiger partial charge in [0, 0.05) is 19.0 Å². The fourth-order valence-corrected chi connectivity index (χ4v) is 2.76. The van der Waals surface area contributed by atoms with E-state index in [4.69, 9.17) is 4.52 Å². The highest BCUT2D eigenvalue weighted by Gasteiger charge is 2.31. The minimum Gasteiger partial charge on any atom is -0.387 e. The quantitative estimate of drug-likeness (QED) is 0.763. The van der Waals surface area contributed by atoms with Crippen LogP contribution in [0.1, 0.15) is 56.0 Å². The van der Waals surface area contributed by atoms with E-state index >= 15 is 0 Å². The van der Waals surface area contributed by atoms with Crippen molar-refractivity contribution in [2.45, 2.75) is 57.7 Å². The molecule has 0 saturated heterocycles. The van der Waals surface area contributed by atoms with Crippen molar-refractivity contribution in [1.29, 1.82) is 0 Å². The molecule has 1 fully saturated rings. The third-order valence-electron chi connectivity index (χ3n) is 4.32. The predicted molar refractivity (Wildman–Crippen MR) is 87.7 cm³/mol. The Kier molecular flexibility index (Phi) is 5.58. The molecule has 1 aliphatic rings. The zero-order valence-electron chi connectivity index (χ0n) is 14.0. The molecular weight excluding hydrogens is 309 g/mol. The Labute approximate surface area is 141 Å². The average molecular weight is 333 g/mol. The van der Waals surface area contributed by atoms with Gasteiger partial charge in [0.15, 0.2) is 5.82 Å². The summed E-state index contributed by atoms with van der Waals surface area (Å²) in [6.45, 7) is 3.18. The molecule has 3 rings (SSSR count). The van der Waals surface area contributed by atoms with Crippen LogP contribution >= 0.6 is 0 Å². The van der Waals surface area contributed by atoms with Gasteiger partial charge in [-0.15, -0.1) is 0 Å². The van der Waals surface area contributed by atoms with Crippen LogP contribution in [0, 0.1) is 5.82 Å². The molecule has 1 aromatic carbocycles. The van der Waals surface area contributed by atoms with E-state index in [1.54, 1.807) is 12.1 Å². The first-order chi connectivity index (χ1) is 11.7. The van der Waals surface area contributed by atoms with E-state index in [1.807, 2.05) is 0 Å². The number of aryl methyl sites for hydroxylation is 1. The summed E-state index contributed by atoms with van der Waals surface area (Å²) in [5.74, 6) is 1.05. The first kappa shape index (κ1) is 17.0. The largest absolute Gasteiger partial charge is 0.387 e. The van der Waals surface area contributed by atoms with Crippen LogP contribution in [-0.2, 0) is 13.0 Å². The fourth-order valence-electron chi connectivity index (χ4n) is 2.76. The average Bonchev–Trinajstić information content (AvgIpc) is 3.33. The normalized spacial score (nSPS) is 15.8. The zero-order valence-corrected chi connectivity index (χ0v) is 14.0. The van der Waals surface area contributed by atoms with E-state index in [0.29, 0.717) is 30.8 Å². The third kappa shape index (κ3) is 4.61. The number of hydrogen-bond donors (Lipinski definition) is 1. The number of aliphatic hydroxyl groups is 1. The van der Waals surface area contributed by atoms with Gasteiger partial charge in [-0.2, -0.15) is 4.98 Å². The maximum atomic E-state index is 13.0. The Morgan fingerprint density at radius 2 is 2.08 bits per heavy atom. The van der Waals surface area contributed by atoms with Crippen molar-refractivity contribution in [3.05, 3.63) is 47.4 Å². The van der Waals surface area contributed by atoms with Crippen LogP contribution in [-0.4, -0.2) is 32.7 Å². The van der Waals surface area contributed by atoms with Crippen LogP contribution in [0.25, 0.3) is 0 Å². The molecule has 1 saturated carbocycles. The Hall–Kier alpha value is -1.79. The molecule has 1 atom stereocenters. The molecule has 0 aliphatic heterocycles. The van der Waals surface area contributed by atoms with Gasteiger partial charge in [-0.05, 0) is 37.0 Å². The van der Waals surface area contributed by atoms with Crippen molar-refractivity contribution >= 4 is 0 Å². The Morgan fingerprint density at radius 1 is 1.33 bits per heavy atom. The van der Waals surface area contributed by atoms with E-state index in [9.17, 15) is 9.50 Å². The summed E-state index contributed by atoms with van der Waals surface area (Å²) in [6, 6.07) is 6.46. The van der Waals surface area contributed by atoms with Crippen LogP contribution < -0.4 is 0 Å². The summed E-state index contributed by atoms with van der Waals surface area (Å²) in [5.41, 5.74) is 0.721. The van der Waals surface area contributed by atoms with Gasteiger partial charge < -0.3 is 9.63 Å². The van der Waals surface area contributed by atoms with Crippen molar-refractivity contribution < 1.29 is 14.0 Å². The fraction of sp³-hybridized carbons (Fsp3) is 0.556. The number of nitrogens with zero attached hydrogens (tertiary/aromatic N) is 3. The number of aliphatic hydroxyl groups excluding tert-OH is 1. The van der Waals surface area contributed by atoms with Crippen LogP contribution in [0.5, 0.6) is 0 Å². The lowest BCUT2D eigenvalue weighted by molar-refractivity contribution is 0.102. The van der Waals surface area contributed by atoms with Gasteiger partial charge in [0.1, 0.15) is 5.82 Å². The lowest BCUT2D eigenvalue weighted by atomic mass is 10.1. The van der Waals surface area contributed by atoms with Gasteiger partial charge in [-0.3, -0.25) is 4.90 Å². The van der Waals surface area contributed by atoms with E-state index in [-0.39, 0.29) is 5.82 Å². The smallest absolute Gasteiger partial charge is 0.226 e. The van der Waals surface area contributed by atoms with Gasteiger partial charge in [0.05, 0.1) is 12.6 Å². The Balaban J connectivity index is 1.60. The van der Waals surface area contributed by atoms with Crippen molar-refractivity contribution in [3.63, 3.8) is 0 Å². The summed E-state index contributed by atoms with van der Waals surface area (Å²) in [7, 11) is 0. The van der Waals surface area contributed by atoms with Gasteiger partial charge in [-0.1, -0.05) is 30.6 Å². The number of aromatic nitrogens is 2. The second-order valence-electron chi connectivity index (χ2n) is 6.44. The molecule has 0 amide bonds. The highest BCUT2D eigenvalue weighted by atomic mass is 19.1. The highest BCUT2D eigenvalue weighted by Crippen LogP contribution is 2.30. The molecular formula is C18H24FN3O2. The number of benzene rings is 1. The van der Waals surface area contributed by atoms with Crippen LogP contribution in [0.3, 0.4) is 0 Å². The number of halogens is 1. The molecule has 2 aromatic rings. The maximum Gasteiger partial charge on any atom is 0.226 e. The Morgan fingerprint density at radius 3 is 2.75 bits per heavy atom. The molecule has 5 nitrogen and oxygen atoms in total. The summed E-state index contributed by atoms with van der Waals surface area (Å²) in [6.07, 6.45) is 4.53. The second kappa shape index (κ2) is 7.85. The molecule has 1 aliphatic carbocycles. The summed E-state index contributed by atoms with van der Waals surface area (Å²) in [5, 5.41) is 14.5. The van der Waals surface area contributed by atoms with Gasteiger partial charge >= 0.3 is 0 Å². The van der Waals surface area contributed by atoms with Crippen molar-refractivity contribution in [2.75, 3.05) is 6.54 Å². The minimum atomic E-state index is -0.655. The van der Waals surface area contributed by atoms with Crippen molar-refractivity contribution in [3.8, 4) is 0 Å². The van der Waals surface area contributed by atoms with Crippen molar-refractivity contribution in [1.82, 2.24) is 15.0 Å². The molecule has 1 heterocycles. The Bertz CT molecular complexity index is 640. The SMILES string of the molecule is CCCCc1nc(CN(C[C@@H](O)c2ccc(F)cc2)C2CC2)no1. The van der Waals surface area contributed by atoms with E-state index in [0.717, 1.165) is 37.7 Å². The van der Waals surface area contributed by atoms with E-state index in [2.05, 4.69) is 22.0 Å². The molecule has 6 heteroatoms. The second-order valence-corrected chi connectivity index (χ2v) is 6.44. The van der Waals surface area contributed by atoms with E-state index in [1.165, 1.54) is 12.1 Å². The number of rotatable bonds is 9. The lowest BCUT2D eigenvalue weighted by Gasteiger charge is -2.23. The number of unbranched alkanes of at least 4 members (excludes halogenated alkanes) is 1. The molecule has 24 heavy (non-hydrogen) atoms. The molecule has 0 spiro atoms. The maximum absolute atomic E-state index is 13.0. The van der Waals surface area contributed by atoms with Crippen LogP contribution in [0.15, 0.2) is 28.8 Å². The highest BCUT2D eigenvalue weighted by molar-refractivity contribution is 5.19.